The molecule has 208 valence electrons. The van der Waals surface area contributed by atoms with Crippen LogP contribution in [0, 0.1) is 24.7 Å². The maximum Gasteiger partial charge on any atom is 0.309 e. The number of H-pyrrole nitrogens is 1. The third-order valence-electron chi connectivity index (χ3n) is 8.96. The molecule has 6 rings (SSSR count). The third-order valence-corrected chi connectivity index (χ3v) is 8.96. The van der Waals surface area contributed by atoms with Gasteiger partial charge < -0.3 is 19.0 Å². The van der Waals surface area contributed by atoms with Crippen LogP contribution >= 0.6 is 0 Å². The molecular formula is C32H41N3O4. The number of imidazole rings is 1. The van der Waals surface area contributed by atoms with Crippen LogP contribution in [0.2, 0.25) is 0 Å². The van der Waals surface area contributed by atoms with Crippen LogP contribution in [0.5, 0.6) is 0 Å². The minimum absolute atomic E-state index is 0.0143. The Morgan fingerprint density at radius 3 is 2.64 bits per heavy atom. The number of fused-ring (bicyclic) bond motifs is 1. The summed E-state index contributed by atoms with van der Waals surface area (Å²) in [7, 11) is 0. The molecule has 0 bridgehead atoms. The van der Waals surface area contributed by atoms with Crippen LogP contribution in [-0.4, -0.2) is 39.8 Å². The van der Waals surface area contributed by atoms with Crippen LogP contribution in [-0.2, 0) is 27.2 Å². The number of aromatic amines is 1. The van der Waals surface area contributed by atoms with Crippen molar-refractivity contribution in [1.29, 1.82) is 0 Å². The van der Waals surface area contributed by atoms with Gasteiger partial charge in [-0.2, -0.15) is 0 Å². The van der Waals surface area contributed by atoms with Crippen molar-refractivity contribution in [2.24, 2.45) is 17.8 Å². The number of esters is 1. The molecule has 1 N–H and O–H groups in total. The molecule has 1 atom stereocenters. The topological polar surface area (TPSA) is 86.2 Å². The Hall–Kier alpha value is -2.93. The van der Waals surface area contributed by atoms with Crippen molar-refractivity contribution in [3.63, 3.8) is 0 Å². The van der Waals surface area contributed by atoms with Crippen LogP contribution in [0.25, 0.3) is 22.4 Å². The number of nitrogens with one attached hydrogen (secondary N) is 1. The number of rotatable bonds is 10. The maximum absolute atomic E-state index is 13.1. The van der Waals surface area contributed by atoms with Gasteiger partial charge in [-0.1, -0.05) is 18.9 Å². The lowest BCUT2D eigenvalue weighted by Crippen LogP contribution is -2.23. The Balaban J connectivity index is 1.24. The second-order valence-corrected chi connectivity index (χ2v) is 12.1. The van der Waals surface area contributed by atoms with E-state index in [1.807, 2.05) is 13.0 Å². The molecule has 7 nitrogen and oxygen atoms in total. The van der Waals surface area contributed by atoms with E-state index in [0.29, 0.717) is 17.4 Å². The summed E-state index contributed by atoms with van der Waals surface area (Å²) < 4.78 is 13.8. The van der Waals surface area contributed by atoms with E-state index in [1.54, 1.807) is 6.20 Å². The van der Waals surface area contributed by atoms with Crippen molar-refractivity contribution in [3.8, 4) is 11.4 Å². The molecule has 1 saturated heterocycles. The van der Waals surface area contributed by atoms with Crippen LogP contribution in [0.3, 0.4) is 0 Å². The lowest BCUT2D eigenvalue weighted by atomic mass is 9.94. The number of aromatic nitrogens is 3. The van der Waals surface area contributed by atoms with Crippen molar-refractivity contribution in [3.05, 3.63) is 51.9 Å². The zero-order valence-corrected chi connectivity index (χ0v) is 23.1. The third kappa shape index (κ3) is 6.29. The highest BCUT2D eigenvalue weighted by atomic mass is 16.5. The number of benzene rings is 1. The maximum atomic E-state index is 13.1. The van der Waals surface area contributed by atoms with E-state index in [9.17, 15) is 9.59 Å². The van der Waals surface area contributed by atoms with Crippen molar-refractivity contribution in [1.82, 2.24) is 14.5 Å². The quantitative estimate of drug-likeness (QED) is 0.326. The fourth-order valence-corrected chi connectivity index (χ4v) is 6.35. The minimum atomic E-state index is -0.0691. The fourth-order valence-electron chi connectivity index (χ4n) is 6.35. The lowest BCUT2D eigenvalue weighted by Gasteiger charge is -2.23. The molecule has 1 aromatic carbocycles. The Bertz CT molecular complexity index is 1360. The van der Waals surface area contributed by atoms with Crippen LogP contribution < -0.4 is 5.56 Å². The standard InChI is InChI=1S/C32H41N3O4/c1-21-16-26(19-33-31(21)36)30-34-28-18-23(9-11-29(28)35(30)20-24-12-14-38-15-13-24)8-10-25(17-22-6-7-22)32(37)39-27-4-2-3-5-27/h9,11,16,18-19,22,24-25,27H,2-8,10,12-15,17,20H2,1H3,(H,33,36)/t25-/m0/s1. The summed E-state index contributed by atoms with van der Waals surface area (Å²) in [5.74, 6) is 2.12. The van der Waals surface area contributed by atoms with Crippen molar-refractivity contribution in [2.75, 3.05) is 13.2 Å². The van der Waals surface area contributed by atoms with Crippen LogP contribution in [0.1, 0.15) is 75.3 Å². The van der Waals surface area contributed by atoms with E-state index in [1.165, 1.54) is 31.2 Å². The van der Waals surface area contributed by atoms with Gasteiger partial charge >= 0.3 is 5.97 Å². The number of aryl methyl sites for hydroxylation is 2. The summed E-state index contributed by atoms with van der Waals surface area (Å²) in [5, 5.41) is 0. The summed E-state index contributed by atoms with van der Waals surface area (Å²) in [6.45, 7) is 4.32. The van der Waals surface area contributed by atoms with Gasteiger partial charge in [-0.25, -0.2) is 4.98 Å². The van der Waals surface area contributed by atoms with Gasteiger partial charge in [0.05, 0.1) is 17.0 Å². The first-order valence-corrected chi connectivity index (χ1v) is 15.0. The first-order chi connectivity index (χ1) is 19.0. The van der Waals surface area contributed by atoms with E-state index in [4.69, 9.17) is 14.5 Å². The number of hydrogen-bond acceptors (Lipinski definition) is 5. The molecule has 7 heteroatoms. The Morgan fingerprint density at radius 2 is 1.90 bits per heavy atom. The SMILES string of the molecule is Cc1cc(-c2nc3cc(CC[C@@H](CC4CC4)C(=O)OC4CCCC4)ccc3n2CC2CCOCC2)c[nH]c1=O. The summed E-state index contributed by atoms with van der Waals surface area (Å²) in [4.78, 5) is 33.1. The second-order valence-electron chi connectivity index (χ2n) is 12.1. The number of pyridine rings is 1. The zero-order chi connectivity index (χ0) is 26.8. The number of ether oxygens (including phenoxy) is 2. The second kappa shape index (κ2) is 11.7. The molecule has 0 spiro atoms. The Morgan fingerprint density at radius 1 is 1.10 bits per heavy atom. The van der Waals surface area contributed by atoms with Gasteiger partial charge in [0, 0.05) is 37.1 Å². The molecule has 39 heavy (non-hydrogen) atoms. The molecule has 2 aliphatic carbocycles. The lowest BCUT2D eigenvalue weighted by molar-refractivity contribution is -0.154. The zero-order valence-electron chi connectivity index (χ0n) is 23.1. The van der Waals surface area contributed by atoms with Gasteiger partial charge in [0.2, 0.25) is 0 Å². The molecule has 2 saturated carbocycles. The van der Waals surface area contributed by atoms with Gasteiger partial charge in [0.25, 0.3) is 5.56 Å². The highest BCUT2D eigenvalue weighted by molar-refractivity contribution is 5.81. The molecular weight excluding hydrogens is 490 g/mol. The highest BCUT2D eigenvalue weighted by Gasteiger charge is 2.32. The number of nitrogens with zero attached hydrogens (tertiary/aromatic N) is 2. The molecule has 3 aliphatic rings. The molecule has 0 unspecified atom stereocenters. The van der Waals surface area contributed by atoms with E-state index < -0.39 is 0 Å². The number of hydrogen-bond donors (Lipinski definition) is 1. The van der Waals surface area contributed by atoms with Crippen molar-refractivity contribution < 1.29 is 14.3 Å². The minimum Gasteiger partial charge on any atom is -0.462 e. The van der Waals surface area contributed by atoms with Gasteiger partial charge in [0.1, 0.15) is 11.9 Å². The van der Waals surface area contributed by atoms with E-state index >= 15 is 0 Å². The molecule has 3 fully saturated rings. The Kier molecular flexibility index (Phi) is 7.87. The Labute approximate surface area is 230 Å². The van der Waals surface area contributed by atoms with E-state index in [0.717, 1.165) is 87.1 Å². The highest BCUT2D eigenvalue weighted by Crippen LogP contribution is 2.38. The van der Waals surface area contributed by atoms with Gasteiger partial charge in [-0.15, -0.1) is 0 Å². The van der Waals surface area contributed by atoms with Crippen molar-refractivity contribution in [2.45, 2.75) is 90.2 Å². The van der Waals surface area contributed by atoms with E-state index in [-0.39, 0.29) is 23.6 Å². The van der Waals surface area contributed by atoms with Crippen LogP contribution in [0.15, 0.2) is 35.3 Å². The molecule has 0 radical (unpaired) electrons. The largest absolute Gasteiger partial charge is 0.462 e. The molecule has 3 heterocycles. The number of carbonyl (C=O) groups is 1. The van der Waals surface area contributed by atoms with E-state index in [2.05, 4.69) is 27.8 Å². The summed E-state index contributed by atoms with van der Waals surface area (Å²) in [6, 6.07) is 8.50. The van der Waals surface area contributed by atoms with Crippen molar-refractivity contribution >= 4 is 17.0 Å². The fraction of sp³-hybridized carbons (Fsp3) is 0.594. The van der Waals surface area contributed by atoms with Gasteiger partial charge in [0.15, 0.2) is 0 Å². The normalized spacial score (nSPS) is 19.5. The first-order valence-electron chi connectivity index (χ1n) is 15.0. The smallest absolute Gasteiger partial charge is 0.309 e. The molecule has 0 amide bonds. The predicted octanol–water partition coefficient (Wildman–Crippen LogP) is 5.96. The molecule has 2 aromatic heterocycles. The monoisotopic (exact) mass is 531 g/mol. The number of carbonyl (C=O) groups excluding carboxylic acids is 1. The van der Waals surface area contributed by atoms with Gasteiger partial charge in [-0.05, 0) is 100 Å². The summed E-state index contributed by atoms with van der Waals surface area (Å²) in [6.07, 6.45) is 13.5. The average molecular weight is 532 g/mol. The predicted molar refractivity (Wildman–Crippen MR) is 152 cm³/mol. The summed E-state index contributed by atoms with van der Waals surface area (Å²) in [5.41, 5.74) is 4.82. The van der Waals surface area contributed by atoms with Crippen LogP contribution in [0.4, 0.5) is 0 Å². The first kappa shape index (κ1) is 26.3. The average Bonchev–Trinajstić information content (AvgIpc) is 3.49. The van der Waals surface area contributed by atoms with Gasteiger partial charge in [-0.3, -0.25) is 9.59 Å². The summed E-state index contributed by atoms with van der Waals surface area (Å²) >= 11 is 0. The molecule has 3 aromatic rings. The molecule has 1 aliphatic heterocycles.